The highest BCUT2D eigenvalue weighted by Crippen LogP contribution is 2.20. The summed E-state index contributed by atoms with van der Waals surface area (Å²) in [4.78, 5) is 0. The minimum atomic E-state index is 0.403. The van der Waals surface area contributed by atoms with Gasteiger partial charge in [-0.1, -0.05) is 0 Å². The lowest BCUT2D eigenvalue weighted by Gasteiger charge is -2.06. The molecule has 0 atom stereocenters. The van der Waals surface area contributed by atoms with E-state index in [1.807, 2.05) is 21.8 Å². The van der Waals surface area contributed by atoms with Gasteiger partial charge in [0.25, 0.3) is 0 Å². The summed E-state index contributed by atoms with van der Waals surface area (Å²) in [6.45, 7) is 8.08. The van der Waals surface area contributed by atoms with E-state index in [-0.39, 0.29) is 0 Å². The van der Waals surface area contributed by atoms with Crippen LogP contribution in [0.2, 0.25) is 0 Å². The molecule has 0 aromatic carbocycles. The van der Waals surface area contributed by atoms with Crippen LogP contribution in [0.1, 0.15) is 49.7 Å². The van der Waals surface area contributed by atoms with Gasteiger partial charge < -0.3 is 5.32 Å². The van der Waals surface area contributed by atoms with Crippen molar-refractivity contribution in [2.75, 3.05) is 0 Å². The topological polar surface area (TPSA) is 47.7 Å². The monoisotopic (exact) mass is 273 g/mol. The highest BCUT2D eigenvalue weighted by molar-refractivity contribution is 5.17. The predicted octanol–water partition coefficient (Wildman–Crippen LogP) is 2.27. The van der Waals surface area contributed by atoms with Crippen LogP contribution in [0, 0.1) is 6.92 Å². The number of nitrogens with zero attached hydrogens (tertiary/aromatic N) is 4. The van der Waals surface area contributed by atoms with E-state index in [4.69, 9.17) is 0 Å². The molecule has 108 valence electrons. The summed E-state index contributed by atoms with van der Waals surface area (Å²) in [6, 6.07) is 3.21. The third-order valence-electron chi connectivity index (χ3n) is 3.87. The van der Waals surface area contributed by atoms with E-state index in [2.05, 4.69) is 42.4 Å². The van der Waals surface area contributed by atoms with Gasteiger partial charge in [-0.25, -0.2) is 0 Å². The normalized spacial score (nSPS) is 15.2. The minimum absolute atomic E-state index is 0.403. The second-order valence-corrected chi connectivity index (χ2v) is 5.95. The van der Waals surface area contributed by atoms with Crippen molar-refractivity contribution >= 4 is 0 Å². The molecule has 0 aliphatic heterocycles. The highest BCUT2D eigenvalue weighted by atomic mass is 15.3. The Morgan fingerprint density at radius 3 is 2.85 bits per heavy atom. The number of hydrogen-bond acceptors (Lipinski definition) is 3. The van der Waals surface area contributed by atoms with Crippen molar-refractivity contribution in [2.45, 2.75) is 58.8 Å². The fourth-order valence-corrected chi connectivity index (χ4v) is 2.26. The van der Waals surface area contributed by atoms with Crippen molar-refractivity contribution in [3.05, 3.63) is 35.4 Å². The van der Waals surface area contributed by atoms with Crippen LogP contribution >= 0.6 is 0 Å². The van der Waals surface area contributed by atoms with Gasteiger partial charge in [0.2, 0.25) is 0 Å². The Kier molecular flexibility index (Phi) is 3.61. The quantitative estimate of drug-likeness (QED) is 0.878. The van der Waals surface area contributed by atoms with Crippen molar-refractivity contribution < 1.29 is 0 Å². The van der Waals surface area contributed by atoms with Crippen LogP contribution in [0.25, 0.3) is 0 Å². The number of nitrogens with one attached hydrogen (secondary N) is 1. The molecule has 5 nitrogen and oxygen atoms in total. The summed E-state index contributed by atoms with van der Waals surface area (Å²) in [5.74, 6) is 0. The molecule has 1 saturated carbocycles. The first-order valence-corrected chi connectivity index (χ1v) is 7.42. The zero-order valence-electron chi connectivity index (χ0n) is 12.5. The molecule has 0 amide bonds. The third-order valence-corrected chi connectivity index (χ3v) is 3.87. The van der Waals surface area contributed by atoms with E-state index in [9.17, 15) is 0 Å². The van der Waals surface area contributed by atoms with Crippen molar-refractivity contribution in [3.63, 3.8) is 0 Å². The van der Waals surface area contributed by atoms with Crippen LogP contribution in [-0.2, 0) is 13.1 Å². The lowest BCUT2D eigenvalue weighted by Crippen LogP contribution is -2.16. The molecule has 2 heterocycles. The van der Waals surface area contributed by atoms with Crippen LogP contribution in [0.5, 0.6) is 0 Å². The van der Waals surface area contributed by atoms with Gasteiger partial charge in [0.05, 0.1) is 18.4 Å². The maximum absolute atomic E-state index is 4.58. The fourth-order valence-electron chi connectivity index (χ4n) is 2.26. The zero-order valence-corrected chi connectivity index (χ0v) is 12.5. The number of rotatable bonds is 6. The predicted molar refractivity (Wildman–Crippen MR) is 78.5 cm³/mol. The molecule has 1 aliphatic rings. The molecular weight excluding hydrogens is 250 g/mol. The Balaban J connectivity index is 1.66. The fraction of sp³-hybridized carbons (Fsp3) is 0.600. The molecule has 20 heavy (non-hydrogen) atoms. The van der Waals surface area contributed by atoms with Gasteiger partial charge in [-0.05, 0) is 39.7 Å². The second-order valence-electron chi connectivity index (χ2n) is 5.95. The second kappa shape index (κ2) is 5.40. The van der Waals surface area contributed by atoms with Crippen LogP contribution in [0.3, 0.4) is 0 Å². The Morgan fingerprint density at radius 2 is 2.20 bits per heavy atom. The first-order valence-electron chi connectivity index (χ1n) is 7.42. The molecule has 0 spiro atoms. The van der Waals surface area contributed by atoms with E-state index in [1.54, 1.807) is 0 Å². The van der Waals surface area contributed by atoms with E-state index in [0.29, 0.717) is 6.04 Å². The van der Waals surface area contributed by atoms with Crippen molar-refractivity contribution in [2.24, 2.45) is 0 Å². The molecule has 0 radical (unpaired) electrons. The largest absolute Gasteiger partial charge is 0.310 e. The summed E-state index contributed by atoms with van der Waals surface area (Å²) in [7, 11) is 0. The Morgan fingerprint density at radius 1 is 1.40 bits per heavy atom. The molecule has 0 bridgehead atoms. The third kappa shape index (κ3) is 2.93. The lowest BCUT2D eigenvalue weighted by molar-refractivity contribution is 0.519. The minimum Gasteiger partial charge on any atom is -0.310 e. The molecule has 5 heteroatoms. The van der Waals surface area contributed by atoms with Crippen molar-refractivity contribution in [1.82, 2.24) is 24.9 Å². The van der Waals surface area contributed by atoms with Gasteiger partial charge in [-0.15, -0.1) is 0 Å². The average Bonchev–Trinajstić information content (AvgIpc) is 3.02. The van der Waals surface area contributed by atoms with Crippen molar-refractivity contribution in [3.8, 4) is 0 Å². The molecule has 2 aromatic rings. The van der Waals surface area contributed by atoms with Gasteiger partial charge in [-0.2, -0.15) is 10.2 Å². The summed E-state index contributed by atoms with van der Waals surface area (Å²) in [5, 5.41) is 12.6. The van der Waals surface area contributed by atoms with E-state index in [1.165, 1.54) is 24.1 Å². The van der Waals surface area contributed by atoms with E-state index < -0.39 is 0 Å². The molecular formula is C15H23N5. The Hall–Kier alpha value is -1.62. The van der Waals surface area contributed by atoms with Gasteiger partial charge in [-0.3, -0.25) is 9.36 Å². The summed E-state index contributed by atoms with van der Waals surface area (Å²) in [5.41, 5.74) is 3.59. The van der Waals surface area contributed by atoms with Crippen LogP contribution in [0.4, 0.5) is 0 Å². The molecule has 1 aliphatic carbocycles. The standard InChI is InChI=1S/C15H23N5/c1-11(2)19-7-6-15(18-19)10-20-12(3)13(9-17-20)8-16-14-4-5-14/h6-7,9,11,14,16H,4-5,8,10H2,1-3H3. The van der Waals surface area contributed by atoms with E-state index >= 15 is 0 Å². The van der Waals surface area contributed by atoms with E-state index in [0.717, 1.165) is 24.8 Å². The maximum Gasteiger partial charge on any atom is 0.0852 e. The first kappa shape index (κ1) is 13.4. The van der Waals surface area contributed by atoms with Gasteiger partial charge >= 0.3 is 0 Å². The lowest BCUT2D eigenvalue weighted by atomic mass is 10.2. The molecule has 1 N–H and O–H groups in total. The highest BCUT2D eigenvalue weighted by Gasteiger charge is 2.20. The maximum atomic E-state index is 4.58. The van der Waals surface area contributed by atoms with Gasteiger partial charge in [0.15, 0.2) is 0 Å². The molecule has 0 saturated heterocycles. The molecule has 0 unspecified atom stereocenters. The van der Waals surface area contributed by atoms with Gasteiger partial charge in [0, 0.05) is 36.1 Å². The van der Waals surface area contributed by atoms with Crippen LogP contribution in [-0.4, -0.2) is 25.6 Å². The summed E-state index contributed by atoms with van der Waals surface area (Å²) >= 11 is 0. The Bertz CT molecular complexity index is 577. The average molecular weight is 273 g/mol. The zero-order chi connectivity index (χ0) is 14.1. The Labute approximate surface area is 120 Å². The number of aromatic nitrogens is 4. The van der Waals surface area contributed by atoms with Gasteiger partial charge in [0.1, 0.15) is 0 Å². The van der Waals surface area contributed by atoms with Crippen molar-refractivity contribution in [1.29, 1.82) is 0 Å². The first-order chi connectivity index (χ1) is 9.63. The SMILES string of the molecule is Cc1c(CNC2CC2)cnn1Cc1ccn(C(C)C)n1. The molecule has 1 fully saturated rings. The van der Waals surface area contributed by atoms with Crippen LogP contribution < -0.4 is 5.32 Å². The van der Waals surface area contributed by atoms with Crippen LogP contribution in [0.15, 0.2) is 18.5 Å². The molecule has 2 aromatic heterocycles. The smallest absolute Gasteiger partial charge is 0.0852 e. The number of hydrogen-bond donors (Lipinski definition) is 1. The summed E-state index contributed by atoms with van der Waals surface area (Å²) in [6.07, 6.45) is 6.65. The summed E-state index contributed by atoms with van der Waals surface area (Å²) < 4.78 is 4.03. The molecule has 3 rings (SSSR count).